The van der Waals surface area contributed by atoms with Crippen LogP contribution in [0.25, 0.3) is 0 Å². The smallest absolute Gasteiger partial charge is 0.339 e. The highest BCUT2D eigenvalue weighted by Crippen LogP contribution is 2.26. The van der Waals surface area contributed by atoms with Crippen molar-refractivity contribution in [3.05, 3.63) is 70.9 Å². The number of aromatic nitrogens is 2. The molecule has 0 aliphatic heterocycles. The van der Waals surface area contributed by atoms with Gasteiger partial charge in [-0.2, -0.15) is 4.98 Å². The third kappa shape index (κ3) is 4.28. The maximum atomic E-state index is 12.0. The number of rotatable bonds is 6. The first-order chi connectivity index (χ1) is 13.5. The van der Waals surface area contributed by atoms with Gasteiger partial charge in [-0.3, -0.25) is 0 Å². The van der Waals surface area contributed by atoms with Gasteiger partial charge in [-0.1, -0.05) is 37.3 Å². The minimum absolute atomic E-state index is 0.408. The number of nitrogens with zero attached hydrogens (tertiary/aromatic N) is 2. The standard InChI is InChI=1S/C22H24N4O2/c1-5-16-10-8-9-14(2)20(16)25-19-13-15(3)23-22(26-19)24-18-12-7-6-11-17(18)21(27)28-4/h6-13H,5H2,1-4H3,(H2,23,24,25,26). The van der Waals surface area contributed by atoms with Gasteiger partial charge in [0, 0.05) is 17.4 Å². The van der Waals surface area contributed by atoms with Crippen LogP contribution < -0.4 is 10.6 Å². The van der Waals surface area contributed by atoms with Gasteiger partial charge in [-0.05, 0) is 43.5 Å². The van der Waals surface area contributed by atoms with Gasteiger partial charge in [-0.25, -0.2) is 9.78 Å². The Morgan fingerprint density at radius 2 is 1.82 bits per heavy atom. The SMILES string of the molecule is CCc1cccc(C)c1Nc1cc(C)nc(Nc2ccccc2C(=O)OC)n1. The Balaban J connectivity index is 1.93. The van der Waals surface area contributed by atoms with Gasteiger partial charge in [-0.15, -0.1) is 0 Å². The molecule has 0 atom stereocenters. The lowest BCUT2D eigenvalue weighted by molar-refractivity contribution is 0.0602. The van der Waals surface area contributed by atoms with Gasteiger partial charge in [0.15, 0.2) is 0 Å². The Kier molecular flexibility index (Phi) is 5.89. The number of benzene rings is 2. The average Bonchev–Trinajstić information content (AvgIpc) is 2.69. The molecule has 2 aromatic carbocycles. The molecule has 144 valence electrons. The summed E-state index contributed by atoms with van der Waals surface area (Å²) < 4.78 is 4.85. The third-order valence-electron chi connectivity index (χ3n) is 4.43. The summed E-state index contributed by atoms with van der Waals surface area (Å²) in [5, 5.41) is 6.56. The summed E-state index contributed by atoms with van der Waals surface area (Å²) in [4.78, 5) is 21.0. The number of methoxy groups -OCH3 is 1. The van der Waals surface area contributed by atoms with Crippen molar-refractivity contribution < 1.29 is 9.53 Å². The number of hydrogen-bond acceptors (Lipinski definition) is 6. The minimum Gasteiger partial charge on any atom is -0.465 e. The van der Waals surface area contributed by atoms with E-state index in [0.29, 0.717) is 23.0 Å². The molecule has 0 saturated heterocycles. The highest BCUT2D eigenvalue weighted by Gasteiger charge is 2.13. The second kappa shape index (κ2) is 8.52. The van der Waals surface area contributed by atoms with Crippen molar-refractivity contribution in [3.8, 4) is 0 Å². The van der Waals surface area contributed by atoms with Gasteiger partial charge < -0.3 is 15.4 Å². The highest BCUT2D eigenvalue weighted by atomic mass is 16.5. The van der Waals surface area contributed by atoms with Crippen molar-refractivity contribution in [2.75, 3.05) is 17.7 Å². The van der Waals surface area contributed by atoms with E-state index in [0.717, 1.165) is 23.4 Å². The first-order valence-electron chi connectivity index (χ1n) is 9.17. The molecule has 0 aliphatic rings. The molecule has 0 spiro atoms. The van der Waals surface area contributed by atoms with Gasteiger partial charge >= 0.3 is 5.97 Å². The van der Waals surface area contributed by atoms with Crippen LogP contribution in [0.15, 0.2) is 48.5 Å². The molecule has 0 aliphatic carbocycles. The first-order valence-corrected chi connectivity index (χ1v) is 9.17. The molecular formula is C22H24N4O2. The average molecular weight is 376 g/mol. The fourth-order valence-electron chi connectivity index (χ4n) is 3.02. The summed E-state index contributed by atoms with van der Waals surface area (Å²) in [6.07, 6.45) is 0.922. The topological polar surface area (TPSA) is 76.1 Å². The van der Waals surface area contributed by atoms with Crippen LogP contribution in [0.1, 0.15) is 34.1 Å². The maximum absolute atomic E-state index is 12.0. The number of esters is 1. The first kappa shape index (κ1) is 19.4. The molecule has 6 heteroatoms. The molecule has 6 nitrogen and oxygen atoms in total. The Morgan fingerprint density at radius 1 is 1.04 bits per heavy atom. The fraction of sp³-hybridized carbons (Fsp3) is 0.227. The number of carbonyl (C=O) groups is 1. The van der Waals surface area contributed by atoms with Gasteiger partial charge in [0.05, 0.1) is 18.4 Å². The molecule has 0 bridgehead atoms. The van der Waals surface area contributed by atoms with Crippen molar-refractivity contribution in [1.82, 2.24) is 9.97 Å². The van der Waals surface area contributed by atoms with E-state index in [2.05, 4.69) is 52.6 Å². The van der Waals surface area contributed by atoms with E-state index in [-0.39, 0.29) is 0 Å². The van der Waals surface area contributed by atoms with E-state index in [4.69, 9.17) is 4.74 Å². The molecule has 0 unspecified atom stereocenters. The molecule has 3 rings (SSSR count). The normalized spacial score (nSPS) is 10.4. The Hall–Kier alpha value is -3.41. The molecule has 2 N–H and O–H groups in total. The highest BCUT2D eigenvalue weighted by molar-refractivity contribution is 5.96. The van der Waals surface area contributed by atoms with E-state index in [9.17, 15) is 4.79 Å². The molecular weight excluding hydrogens is 352 g/mol. The predicted molar refractivity (Wildman–Crippen MR) is 112 cm³/mol. The molecule has 28 heavy (non-hydrogen) atoms. The molecule has 1 heterocycles. The van der Waals surface area contributed by atoms with E-state index < -0.39 is 5.97 Å². The Bertz CT molecular complexity index is 1000. The third-order valence-corrected chi connectivity index (χ3v) is 4.43. The molecule has 0 amide bonds. The van der Waals surface area contributed by atoms with Crippen LogP contribution in [-0.2, 0) is 11.2 Å². The van der Waals surface area contributed by atoms with Crippen LogP contribution in [-0.4, -0.2) is 23.0 Å². The summed E-state index contributed by atoms with van der Waals surface area (Å²) in [7, 11) is 1.36. The van der Waals surface area contributed by atoms with E-state index in [1.807, 2.05) is 19.1 Å². The lowest BCUT2D eigenvalue weighted by Gasteiger charge is -2.15. The van der Waals surface area contributed by atoms with E-state index >= 15 is 0 Å². The largest absolute Gasteiger partial charge is 0.465 e. The summed E-state index contributed by atoms with van der Waals surface area (Å²) in [5.74, 6) is 0.682. The quantitative estimate of drug-likeness (QED) is 0.594. The van der Waals surface area contributed by atoms with E-state index in [1.165, 1.54) is 12.7 Å². The number of para-hydroxylation sites is 2. The molecule has 1 aromatic heterocycles. The van der Waals surface area contributed by atoms with Crippen molar-refractivity contribution >= 4 is 29.1 Å². The summed E-state index contributed by atoms with van der Waals surface area (Å²) in [5.41, 5.74) is 5.27. The zero-order valence-electron chi connectivity index (χ0n) is 16.5. The number of nitrogens with one attached hydrogen (secondary N) is 2. The molecule has 0 fully saturated rings. The zero-order chi connectivity index (χ0) is 20.1. The zero-order valence-corrected chi connectivity index (χ0v) is 16.5. The lowest BCUT2D eigenvalue weighted by atomic mass is 10.1. The number of carbonyl (C=O) groups excluding carboxylic acids is 1. The maximum Gasteiger partial charge on any atom is 0.339 e. The van der Waals surface area contributed by atoms with E-state index in [1.54, 1.807) is 18.2 Å². The van der Waals surface area contributed by atoms with Crippen molar-refractivity contribution in [3.63, 3.8) is 0 Å². The predicted octanol–water partition coefficient (Wildman–Crippen LogP) is 4.93. The van der Waals surface area contributed by atoms with Gasteiger partial charge in [0.1, 0.15) is 5.82 Å². The van der Waals surface area contributed by atoms with Crippen LogP contribution in [0.2, 0.25) is 0 Å². The molecule has 0 radical (unpaired) electrons. The van der Waals surface area contributed by atoms with Crippen LogP contribution >= 0.6 is 0 Å². The number of anilines is 4. The minimum atomic E-state index is -0.415. The van der Waals surface area contributed by atoms with Crippen molar-refractivity contribution in [2.45, 2.75) is 27.2 Å². The van der Waals surface area contributed by atoms with Crippen molar-refractivity contribution in [2.24, 2.45) is 0 Å². The summed E-state index contributed by atoms with van der Waals surface area (Å²) in [6.45, 7) is 6.10. The number of aryl methyl sites for hydroxylation is 3. The lowest BCUT2D eigenvalue weighted by Crippen LogP contribution is -2.08. The second-order valence-electron chi connectivity index (χ2n) is 6.47. The molecule has 0 saturated carbocycles. The second-order valence-corrected chi connectivity index (χ2v) is 6.47. The summed E-state index contributed by atoms with van der Waals surface area (Å²) >= 11 is 0. The fourth-order valence-corrected chi connectivity index (χ4v) is 3.02. The monoisotopic (exact) mass is 376 g/mol. The molecule has 3 aromatic rings. The van der Waals surface area contributed by atoms with Crippen LogP contribution in [0.5, 0.6) is 0 Å². The van der Waals surface area contributed by atoms with Crippen LogP contribution in [0.3, 0.4) is 0 Å². The Morgan fingerprint density at radius 3 is 2.57 bits per heavy atom. The van der Waals surface area contributed by atoms with Gasteiger partial charge in [0.25, 0.3) is 0 Å². The number of ether oxygens (including phenoxy) is 1. The Labute approximate surface area is 165 Å². The number of hydrogen-bond donors (Lipinski definition) is 2. The van der Waals surface area contributed by atoms with Crippen LogP contribution in [0.4, 0.5) is 23.1 Å². The van der Waals surface area contributed by atoms with Crippen LogP contribution in [0, 0.1) is 13.8 Å². The van der Waals surface area contributed by atoms with Gasteiger partial charge in [0.2, 0.25) is 5.95 Å². The summed E-state index contributed by atoms with van der Waals surface area (Å²) in [6, 6.07) is 15.2. The van der Waals surface area contributed by atoms with Crippen molar-refractivity contribution in [1.29, 1.82) is 0 Å².